The van der Waals surface area contributed by atoms with Crippen molar-refractivity contribution >= 4 is 20.1 Å². The summed E-state index contributed by atoms with van der Waals surface area (Å²) in [5, 5.41) is 0. The van der Waals surface area contributed by atoms with Crippen LogP contribution in [0, 0.1) is 6.92 Å². The highest BCUT2D eigenvalue weighted by atomic mass is 28.3. The van der Waals surface area contributed by atoms with Gasteiger partial charge in [0.25, 0.3) is 9.04 Å². The molecule has 0 spiro atoms. The lowest BCUT2D eigenvalue weighted by Gasteiger charge is -2.13. The number of rotatable bonds is 2. The maximum Gasteiger partial charge on any atom is 0.274 e. The second-order valence-electron chi connectivity index (χ2n) is 5.93. The first-order valence-corrected chi connectivity index (χ1v) is 8.67. The van der Waals surface area contributed by atoms with Crippen LogP contribution in [0.2, 0.25) is 13.1 Å². The minimum absolute atomic E-state index is 0.0386. The zero-order valence-electron chi connectivity index (χ0n) is 12.0. The van der Waals surface area contributed by atoms with E-state index in [0.29, 0.717) is 0 Å². The monoisotopic (exact) mass is 261 g/mol. The number of H-pyrrole nitrogens is 1. The largest absolute Gasteiger partial charge is 0.542 e. The van der Waals surface area contributed by atoms with Crippen LogP contribution in [-0.4, -0.2) is 19.0 Å². The average Bonchev–Trinajstić information content (AvgIpc) is 2.66. The maximum atomic E-state index is 5.90. The van der Waals surface area contributed by atoms with Crippen LogP contribution in [0.1, 0.15) is 32.2 Å². The number of fused-ring (bicyclic) bond motifs is 1. The molecule has 97 valence electrons. The van der Waals surface area contributed by atoms with Crippen LogP contribution in [0.5, 0.6) is 5.75 Å². The number of hydrogen-bond acceptors (Lipinski definition) is 2. The predicted molar refractivity (Wildman–Crippen MR) is 77.6 cm³/mol. The normalized spacial score (nSPS) is 12.4. The van der Waals surface area contributed by atoms with Gasteiger partial charge in [0.1, 0.15) is 11.6 Å². The molecule has 4 heteroatoms. The summed E-state index contributed by atoms with van der Waals surface area (Å²) in [6, 6.07) is 4.10. The lowest BCUT2D eigenvalue weighted by Crippen LogP contribution is -2.13. The summed E-state index contributed by atoms with van der Waals surface area (Å²) in [6.45, 7) is 12.8. The molecule has 1 aromatic heterocycles. The number of aryl methyl sites for hydroxylation is 1. The van der Waals surface area contributed by atoms with E-state index < -0.39 is 9.04 Å². The first-order chi connectivity index (χ1) is 8.29. The molecule has 0 fully saturated rings. The molecule has 1 radical (unpaired) electrons. The highest BCUT2D eigenvalue weighted by Crippen LogP contribution is 2.29. The van der Waals surface area contributed by atoms with Gasteiger partial charge in [-0.1, -0.05) is 20.8 Å². The molecule has 0 atom stereocenters. The minimum Gasteiger partial charge on any atom is -0.542 e. The van der Waals surface area contributed by atoms with Gasteiger partial charge in [-0.05, 0) is 32.2 Å². The van der Waals surface area contributed by atoms with Crippen molar-refractivity contribution in [3.05, 3.63) is 23.5 Å². The fourth-order valence-corrected chi connectivity index (χ4v) is 2.54. The van der Waals surface area contributed by atoms with Crippen LogP contribution in [0.15, 0.2) is 12.1 Å². The third-order valence-electron chi connectivity index (χ3n) is 2.88. The van der Waals surface area contributed by atoms with Crippen LogP contribution < -0.4 is 4.43 Å². The molecule has 0 amide bonds. The fraction of sp³-hybridized carbons (Fsp3) is 0.500. The van der Waals surface area contributed by atoms with E-state index in [1.54, 1.807) is 0 Å². The van der Waals surface area contributed by atoms with Crippen molar-refractivity contribution in [3.63, 3.8) is 0 Å². The van der Waals surface area contributed by atoms with Crippen molar-refractivity contribution in [2.24, 2.45) is 0 Å². The van der Waals surface area contributed by atoms with Gasteiger partial charge in [0.2, 0.25) is 0 Å². The van der Waals surface area contributed by atoms with E-state index in [2.05, 4.69) is 51.8 Å². The number of aromatic amines is 1. The molecule has 1 N–H and O–H groups in total. The summed E-state index contributed by atoms with van der Waals surface area (Å²) < 4.78 is 5.90. The van der Waals surface area contributed by atoms with Gasteiger partial charge in [-0.2, -0.15) is 0 Å². The van der Waals surface area contributed by atoms with E-state index in [1.807, 2.05) is 6.07 Å². The van der Waals surface area contributed by atoms with Crippen molar-refractivity contribution in [1.29, 1.82) is 0 Å². The molecule has 1 heterocycles. The lowest BCUT2D eigenvalue weighted by atomic mass is 9.96. The van der Waals surface area contributed by atoms with Crippen molar-refractivity contribution in [2.45, 2.75) is 46.2 Å². The first-order valence-electron chi connectivity index (χ1n) is 6.27. The van der Waals surface area contributed by atoms with E-state index >= 15 is 0 Å². The summed E-state index contributed by atoms with van der Waals surface area (Å²) >= 11 is 0. The van der Waals surface area contributed by atoms with E-state index in [-0.39, 0.29) is 5.41 Å². The number of aromatic nitrogens is 2. The minimum atomic E-state index is -0.736. The summed E-state index contributed by atoms with van der Waals surface area (Å²) in [5.41, 5.74) is 3.29. The Morgan fingerprint density at radius 2 is 1.89 bits per heavy atom. The van der Waals surface area contributed by atoms with Gasteiger partial charge >= 0.3 is 0 Å². The predicted octanol–water partition coefficient (Wildman–Crippen LogP) is 3.80. The Labute approximate surface area is 110 Å². The van der Waals surface area contributed by atoms with Gasteiger partial charge in [-0.25, -0.2) is 4.98 Å². The van der Waals surface area contributed by atoms with E-state index in [9.17, 15) is 0 Å². The highest BCUT2D eigenvalue weighted by Gasteiger charge is 2.19. The molecule has 0 saturated carbocycles. The number of nitrogens with one attached hydrogen (secondary N) is 1. The van der Waals surface area contributed by atoms with Gasteiger partial charge in [-0.3, -0.25) is 0 Å². The van der Waals surface area contributed by atoms with Crippen molar-refractivity contribution in [3.8, 4) is 5.75 Å². The van der Waals surface area contributed by atoms with E-state index in [4.69, 9.17) is 9.41 Å². The van der Waals surface area contributed by atoms with Gasteiger partial charge < -0.3 is 9.41 Å². The summed E-state index contributed by atoms with van der Waals surface area (Å²) in [4.78, 5) is 8.13. The molecule has 0 aliphatic heterocycles. The number of hydrogen-bond donors (Lipinski definition) is 1. The molecule has 0 aliphatic carbocycles. The molecule has 18 heavy (non-hydrogen) atoms. The molecular weight excluding hydrogens is 240 g/mol. The molecular formula is C14H21N2OSi. The Hall–Kier alpha value is -1.29. The standard InChI is InChI=1S/C14H21N2OSi/c1-9-11(17-18(5)6)8-7-10-12(9)16-13(15-10)14(2,3)4/h7-8H,1-6H3,(H,15,16). The van der Waals surface area contributed by atoms with Crippen LogP contribution in [0.3, 0.4) is 0 Å². The third kappa shape index (κ3) is 2.43. The lowest BCUT2D eigenvalue weighted by molar-refractivity contribution is 0.554. The van der Waals surface area contributed by atoms with Crippen LogP contribution in [0.4, 0.5) is 0 Å². The molecule has 3 nitrogen and oxygen atoms in total. The van der Waals surface area contributed by atoms with Gasteiger partial charge in [0.05, 0.1) is 11.0 Å². The molecule has 0 unspecified atom stereocenters. The maximum absolute atomic E-state index is 5.90. The highest BCUT2D eigenvalue weighted by molar-refractivity contribution is 6.49. The van der Waals surface area contributed by atoms with Crippen molar-refractivity contribution < 1.29 is 4.43 Å². The SMILES string of the molecule is Cc1c(O[Si](C)C)ccc2[nH]c(C(C)(C)C)nc12. The Morgan fingerprint density at radius 1 is 1.22 bits per heavy atom. The van der Waals surface area contributed by atoms with Crippen molar-refractivity contribution in [1.82, 2.24) is 9.97 Å². The van der Waals surface area contributed by atoms with E-state index in [0.717, 1.165) is 28.2 Å². The zero-order valence-corrected chi connectivity index (χ0v) is 13.0. The molecule has 1 aromatic carbocycles. The van der Waals surface area contributed by atoms with E-state index in [1.165, 1.54) is 0 Å². The molecule has 2 rings (SSSR count). The quantitative estimate of drug-likeness (QED) is 0.835. The smallest absolute Gasteiger partial charge is 0.274 e. The first kappa shape index (κ1) is 13.1. The molecule has 0 aliphatic rings. The van der Waals surface area contributed by atoms with Gasteiger partial charge in [0, 0.05) is 11.0 Å². The summed E-state index contributed by atoms with van der Waals surface area (Å²) in [6.07, 6.45) is 0. The fourth-order valence-electron chi connectivity index (χ4n) is 1.88. The average molecular weight is 261 g/mol. The second kappa shape index (κ2) is 4.43. The van der Waals surface area contributed by atoms with Crippen LogP contribution in [0.25, 0.3) is 11.0 Å². The Morgan fingerprint density at radius 3 is 2.44 bits per heavy atom. The van der Waals surface area contributed by atoms with Gasteiger partial charge in [-0.15, -0.1) is 0 Å². The number of nitrogens with zero attached hydrogens (tertiary/aromatic N) is 1. The number of benzene rings is 1. The Bertz CT molecular complexity index is 567. The zero-order chi connectivity index (χ0) is 13.5. The van der Waals surface area contributed by atoms with Crippen molar-refractivity contribution in [2.75, 3.05) is 0 Å². The summed E-state index contributed by atoms with van der Waals surface area (Å²) in [7, 11) is -0.736. The Balaban J connectivity index is 2.54. The van der Waals surface area contributed by atoms with Crippen LogP contribution in [-0.2, 0) is 5.41 Å². The number of imidazole rings is 1. The molecule has 0 bridgehead atoms. The van der Waals surface area contributed by atoms with Gasteiger partial charge in [0.15, 0.2) is 0 Å². The molecule has 2 aromatic rings. The second-order valence-corrected chi connectivity index (χ2v) is 7.95. The third-order valence-corrected chi connectivity index (χ3v) is 3.51. The summed E-state index contributed by atoms with van der Waals surface area (Å²) in [5.74, 6) is 1.99. The van der Waals surface area contributed by atoms with Crippen LogP contribution >= 0.6 is 0 Å². The Kier molecular flexibility index (Phi) is 3.23. The molecule has 0 saturated heterocycles. The topological polar surface area (TPSA) is 37.9 Å².